The highest BCUT2D eigenvalue weighted by atomic mass is 16.1. The quantitative estimate of drug-likeness (QED) is 0.903. The fourth-order valence-electron chi connectivity index (χ4n) is 2.03. The van der Waals surface area contributed by atoms with E-state index in [1.165, 1.54) is 0 Å². The second-order valence-electron chi connectivity index (χ2n) is 4.66. The van der Waals surface area contributed by atoms with E-state index in [4.69, 9.17) is 0 Å². The molecule has 2 aromatic rings. The standard InChI is InChI=1S/C16H19N3O/c1-3-12(4-2)16(20)19-14-10-17-15(18-11-14)13-8-6-5-7-9-13/h5-12H,3-4H2,1-2H3,(H,19,20). The number of anilines is 1. The van der Waals surface area contributed by atoms with Crippen molar-refractivity contribution in [3.05, 3.63) is 42.7 Å². The van der Waals surface area contributed by atoms with Gasteiger partial charge in [-0.15, -0.1) is 0 Å². The molecule has 0 spiro atoms. The van der Waals surface area contributed by atoms with Crippen molar-refractivity contribution in [3.8, 4) is 11.4 Å². The Hall–Kier alpha value is -2.23. The third kappa shape index (κ3) is 3.41. The molecule has 0 aliphatic rings. The van der Waals surface area contributed by atoms with Crippen LogP contribution in [0.25, 0.3) is 11.4 Å². The first-order valence-electron chi connectivity index (χ1n) is 6.93. The molecule has 4 heteroatoms. The van der Waals surface area contributed by atoms with E-state index < -0.39 is 0 Å². The summed E-state index contributed by atoms with van der Waals surface area (Å²) in [6.07, 6.45) is 4.97. The van der Waals surface area contributed by atoms with Crippen molar-refractivity contribution in [1.82, 2.24) is 9.97 Å². The van der Waals surface area contributed by atoms with E-state index >= 15 is 0 Å². The van der Waals surface area contributed by atoms with Crippen molar-refractivity contribution in [2.45, 2.75) is 26.7 Å². The van der Waals surface area contributed by atoms with Gasteiger partial charge in [-0.05, 0) is 12.8 Å². The average Bonchev–Trinajstić information content (AvgIpc) is 2.50. The molecular weight excluding hydrogens is 250 g/mol. The van der Waals surface area contributed by atoms with Crippen LogP contribution in [-0.2, 0) is 4.79 Å². The van der Waals surface area contributed by atoms with Gasteiger partial charge >= 0.3 is 0 Å². The molecule has 0 bridgehead atoms. The van der Waals surface area contributed by atoms with Gasteiger partial charge in [0.05, 0.1) is 18.1 Å². The average molecular weight is 269 g/mol. The Bertz CT molecular complexity index is 548. The lowest BCUT2D eigenvalue weighted by Crippen LogP contribution is -2.21. The van der Waals surface area contributed by atoms with Gasteiger partial charge in [-0.1, -0.05) is 44.2 Å². The third-order valence-corrected chi connectivity index (χ3v) is 3.31. The molecular formula is C16H19N3O. The van der Waals surface area contributed by atoms with Crippen LogP contribution in [0.4, 0.5) is 5.69 Å². The predicted molar refractivity (Wildman–Crippen MR) is 80.2 cm³/mol. The molecule has 1 aromatic carbocycles. The highest BCUT2D eigenvalue weighted by Gasteiger charge is 2.14. The lowest BCUT2D eigenvalue weighted by molar-refractivity contribution is -0.120. The Balaban J connectivity index is 2.07. The molecule has 0 atom stereocenters. The zero-order chi connectivity index (χ0) is 14.4. The van der Waals surface area contributed by atoms with Gasteiger partial charge in [0.2, 0.25) is 5.91 Å². The molecule has 20 heavy (non-hydrogen) atoms. The van der Waals surface area contributed by atoms with Crippen LogP contribution in [0.1, 0.15) is 26.7 Å². The molecule has 0 fully saturated rings. The first kappa shape index (κ1) is 14.2. The van der Waals surface area contributed by atoms with Crippen molar-refractivity contribution in [1.29, 1.82) is 0 Å². The molecule has 104 valence electrons. The molecule has 1 amide bonds. The molecule has 1 N–H and O–H groups in total. The number of rotatable bonds is 5. The minimum atomic E-state index is 0.0334. The van der Waals surface area contributed by atoms with E-state index in [-0.39, 0.29) is 11.8 Å². The zero-order valence-corrected chi connectivity index (χ0v) is 11.8. The van der Waals surface area contributed by atoms with Gasteiger partial charge in [0.15, 0.2) is 5.82 Å². The molecule has 0 aliphatic heterocycles. The number of nitrogens with zero attached hydrogens (tertiary/aromatic N) is 2. The van der Waals surface area contributed by atoms with E-state index in [0.29, 0.717) is 11.5 Å². The molecule has 0 aliphatic carbocycles. The Morgan fingerprint density at radius 1 is 1.10 bits per heavy atom. The lowest BCUT2D eigenvalue weighted by atomic mass is 10.0. The fraction of sp³-hybridized carbons (Fsp3) is 0.312. The molecule has 1 heterocycles. The Kier molecular flexibility index (Phi) is 4.82. The van der Waals surface area contributed by atoms with Crippen molar-refractivity contribution in [2.75, 3.05) is 5.32 Å². The zero-order valence-electron chi connectivity index (χ0n) is 11.8. The molecule has 0 radical (unpaired) electrons. The normalized spacial score (nSPS) is 10.6. The maximum Gasteiger partial charge on any atom is 0.227 e. The number of aromatic nitrogens is 2. The van der Waals surface area contributed by atoms with Gasteiger partial charge in [-0.25, -0.2) is 9.97 Å². The Morgan fingerprint density at radius 2 is 1.70 bits per heavy atom. The molecule has 4 nitrogen and oxygen atoms in total. The van der Waals surface area contributed by atoms with Crippen LogP contribution < -0.4 is 5.32 Å². The maximum atomic E-state index is 12.0. The summed E-state index contributed by atoms with van der Waals surface area (Å²) in [4.78, 5) is 20.5. The predicted octanol–water partition coefficient (Wildman–Crippen LogP) is 3.52. The summed E-state index contributed by atoms with van der Waals surface area (Å²) < 4.78 is 0. The van der Waals surface area contributed by atoms with Crippen LogP contribution in [0.3, 0.4) is 0 Å². The number of hydrogen-bond acceptors (Lipinski definition) is 3. The van der Waals surface area contributed by atoms with E-state index in [1.807, 2.05) is 44.2 Å². The van der Waals surface area contributed by atoms with Gasteiger partial charge in [0, 0.05) is 11.5 Å². The van der Waals surface area contributed by atoms with Crippen molar-refractivity contribution >= 4 is 11.6 Å². The summed E-state index contributed by atoms with van der Waals surface area (Å²) in [5, 5.41) is 2.86. The minimum Gasteiger partial charge on any atom is -0.323 e. The number of hydrogen-bond donors (Lipinski definition) is 1. The largest absolute Gasteiger partial charge is 0.323 e. The monoisotopic (exact) mass is 269 g/mol. The first-order valence-corrected chi connectivity index (χ1v) is 6.93. The van der Waals surface area contributed by atoms with Crippen molar-refractivity contribution < 1.29 is 4.79 Å². The van der Waals surface area contributed by atoms with Gasteiger partial charge in [-0.2, -0.15) is 0 Å². The molecule has 2 rings (SSSR count). The van der Waals surface area contributed by atoms with Gasteiger partial charge < -0.3 is 5.32 Å². The van der Waals surface area contributed by atoms with Gasteiger partial charge in [0.1, 0.15) is 0 Å². The molecule has 0 saturated heterocycles. The summed E-state index contributed by atoms with van der Waals surface area (Å²) in [5.41, 5.74) is 1.60. The number of carbonyl (C=O) groups excluding carboxylic acids is 1. The molecule has 0 unspecified atom stereocenters. The Labute approximate surface area is 119 Å². The number of benzene rings is 1. The van der Waals surface area contributed by atoms with Crippen LogP contribution in [0.15, 0.2) is 42.7 Å². The number of carbonyl (C=O) groups is 1. The van der Waals surface area contributed by atoms with E-state index in [2.05, 4.69) is 15.3 Å². The maximum absolute atomic E-state index is 12.0. The summed E-state index contributed by atoms with van der Waals surface area (Å²) in [5.74, 6) is 0.737. The SMILES string of the molecule is CCC(CC)C(=O)Nc1cnc(-c2ccccc2)nc1. The highest BCUT2D eigenvalue weighted by Crippen LogP contribution is 2.16. The fourth-order valence-corrected chi connectivity index (χ4v) is 2.03. The van der Waals surface area contributed by atoms with Crippen LogP contribution in [0.5, 0.6) is 0 Å². The minimum absolute atomic E-state index is 0.0334. The number of amides is 1. The van der Waals surface area contributed by atoms with Crippen molar-refractivity contribution in [2.24, 2.45) is 5.92 Å². The topological polar surface area (TPSA) is 54.9 Å². The second-order valence-corrected chi connectivity index (χ2v) is 4.66. The van der Waals surface area contributed by atoms with Crippen LogP contribution in [0.2, 0.25) is 0 Å². The van der Waals surface area contributed by atoms with Crippen LogP contribution in [-0.4, -0.2) is 15.9 Å². The van der Waals surface area contributed by atoms with Crippen molar-refractivity contribution in [3.63, 3.8) is 0 Å². The van der Waals surface area contributed by atoms with E-state index in [1.54, 1.807) is 12.4 Å². The highest BCUT2D eigenvalue weighted by molar-refractivity contribution is 5.92. The first-order chi connectivity index (χ1) is 9.74. The summed E-state index contributed by atoms with van der Waals surface area (Å²) in [6, 6.07) is 9.76. The molecule has 1 aromatic heterocycles. The smallest absolute Gasteiger partial charge is 0.227 e. The van der Waals surface area contributed by atoms with E-state index in [9.17, 15) is 4.79 Å². The number of nitrogens with one attached hydrogen (secondary N) is 1. The third-order valence-electron chi connectivity index (χ3n) is 3.31. The summed E-state index contributed by atoms with van der Waals surface area (Å²) >= 11 is 0. The van der Waals surface area contributed by atoms with Crippen LogP contribution in [0, 0.1) is 5.92 Å². The van der Waals surface area contributed by atoms with Gasteiger partial charge in [-0.3, -0.25) is 4.79 Å². The van der Waals surface area contributed by atoms with Gasteiger partial charge in [0.25, 0.3) is 0 Å². The second kappa shape index (κ2) is 6.80. The lowest BCUT2D eigenvalue weighted by Gasteiger charge is -2.12. The Morgan fingerprint density at radius 3 is 2.25 bits per heavy atom. The van der Waals surface area contributed by atoms with E-state index in [0.717, 1.165) is 18.4 Å². The van der Waals surface area contributed by atoms with Crippen LogP contribution >= 0.6 is 0 Å². The molecule has 0 saturated carbocycles. The summed E-state index contributed by atoms with van der Waals surface area (Å²) in [7, 11) is 0. The summed E-state index contributed by atoms with van der Waals surface area (Å²) in [6.45, 7) is 4.03.